The minimum absolute atomic E-state index is 0.0201. The number of piperidine rings is 1. The largest absolute Gasteiger partial charge is 0.337 e. The van der Waals surface area contributed by atoms with E-state index in [1.165, 1.54) is 19.3 Å². The quantitative estimate of drug-likeness (QED) is 0.772. The van der Waals surface area contributed by atoms with Gasteiger partial charge in [-0.05, 0) is 38.7 Å². The number of benzene rings is 1. The Morgan fingerprint density at radius 2 is 1.79 bits per heavy atom. The van der Waals surface area contributed by atoms with Crippen LogP contribution in [0.25, 0.3) is 10.8 Å². The first kappa shape index (κ1) is 21.4. The van der Waals surface area contributed by atoms with E-state index in [1.807, 2.05) is 24.3 Å². The molecule has 0 bridgehead atoms. The Labute approximate surface area is 173 Å². The van der Waals surface area contributed by atoms with Gasteiger partial charge >= 0.3 is 6.03 Å². The van der Waals surface area contributed by atoms with Crippen molar-refractivity contribution in [2.24, 2.45) is 5.92 Å². The van der Waals surface area contributed by atoms with Gasteiger partial charge in [0.1, 0.15) is 0 Å². The first-order valence-electron chi connectivity index (χ1n) is 10.8. The Morgan fingerprint density at radius 3 is 2.45 bits per heavy atom. The number of anilines is 1. The smallest absolute Gasteiger partial charge is 0.319 e. The average Bonchev–Trinajstić information content (AvgIpc) is 2.67. The molecule has 0 spiro atoms. The molecule has 6 heteroatoms. The molecule has 2 atom stereocenters. The molecule has 1 aromatic carbocycles. The molecule has 1 saturated heterocycles. The van der Waals surface area contributed by atoms with Crippen molar-refractivity contribution in [3.8, 4) is 0 Å². The third kappa shape index (κ3) is 5.18. The number of likely N-dealkylation sites (tertiary alicyclic amines) is 1. The van der Waals surface area contributed by atoms with Gasteiger partial charge in [0.25, 0.3) is 5.56 Å². The van der Waals surface area contributed by atoms with Crippen LogP contribution in [0.3, 0.4) is 0 Å². The number of hydrogen-bond donors (Lipinski definition) is 2. The van der Waals surface area contributed by atoms with Gasteiger partial charge in [-0.3, -0.25) is 9.69 Å². The van der Waals surface area contributed by atoms with Crippen molar-refractivity contribution in [1.29, 1.82) is 0 Å². The zero-order valence-corrected chi connectivity index (χ0v) is 18.1. The van der Waals surface area contributed by atoms with E-state index >= 15 is 0 Å². The number of fused-ring (bicyclic) bond motifs is 1. The van der Waals surface area contributed by atoms with Crippen molar-refractivity contribution in [2.75, 3.05) is 18.4 Å². The zero-order chi connectivity index (χ0) is 21.0. The van der Waals surface area contributed by atoms with E-state index < -0.39 is 0 Å². The molecular formula is C23H34N4O2. The molecule has 0 aliphatic carbocycles. The highest BCUT2D eigenvalue weighted by atomic mass is 16.2. The van der Waals surface area contributed by atoms with Crippen LogP contribution < -0.4 is 16.2 Å². The monoisotopic (exact) mass is 398 g/mol. The molecule has 29 heavy (non-hydrogen) atoms. The van der Waals surface area contributed by atoms with E-state index in [4.69, 9.17) is 0 Å². The summed E-state index contributed by atoms with van der Waals surface area (Å²) in [5.41, 5.74) is 0.645. The van der Waals surface area contributed by atoms with Gasteiger partial charge < -0.3 is 15.2 Å². The van der Waals surface area contributed by atoms with Crippen LogP contribution in [0.1, 0.15) is 47.0 Å². The predicted molar refractivity (Wildman–Crippen MR) is 120 cm³/mol. The molecule has 2 heterocycles. The molecule has 1 fully saturated rings. The fourth-order valence-corrected chi connectivity index (χ4v) is 4.35. The van der Waals surface area contributed by atoms with Crippen molar-refractivity contribution < 1.29 is 4.79 Å². The van der Waals surface area contributed by atoms with E-state index in [9.17, 15) is 9.59 Å². The summed E-state index contributed by atoms with van der Waals surface area (Å²) in [7, 11) is 0. The second-order valence-corrected chi connectivity index (χ2v) is 8.69. The van der Waals surface area contributed by atoms with Crippen LogP contribution in [0.15, 0.2) is 35.3 Å². The standard InChI is InChI=1S/C23H34N4O2/c1-16(2)14-26-15-21(19-10-5-6-11-20(19)22(26)28)25-23(29)24-12-13-27-17(3)8-7-9-18(27)4/h5-6,10-11,15-18H,7-9,12-14H2,1-4H3,(H2,24,25,29)/t17-,18-/m0/s1. The number of urea groups is 1. The summed E-state index contributed by atoms with van der Waals surface area (Å²) < 4.78 is 1.69. The minimum atomic E-state index is -0.234. The lowest BCUT2D eigenvalue weighted by molar-refractivity contribution is 0.105. The fourth-order valence-electron chi connectivity index (χ4n) is 4.35. The number of aromatic nitrogens is 1. The number of rotatable bonds is 6. The van der Waals surface area contributed by atoms with E-state index in [-0.39, 0.29) is 11.6 Å². The first-order chi connectivity index (χ1) is 13.9. The fraction of sp³-hybridized carbons (Fsp3) is 0.565. The summed E-state index contributed by atoms with van der Waals surface area (Å²) in [5, 5.41) is 7.33. The highest BCUT2D eigenvalue weighted by molar-refractivity contribution is 6.00. The summed E-state index contributed by atoms with van der Waals surface area (Å²) in [4.78, 5) is 27.8. The van der Waals surface area contributed by atoms with Gasteiger partial charge in [0.05, 0.1) is 5.69 Å². The summed E-state index contributed by atoms with van der Waals surface area (Å²) in [6.45, 7) is 10.7. The SMILES string of the molecule is CC(C)Cn1cc(NC(=O)NCCN2[C@@H](C)CCC[C@@H]2C)c2ccccc2c1=O. The van der Waals surface area contributed by atoms with Gasteiger partial charge in [-0.1, -0.05) is 38.5 Å². The molecule has 1 aromatic heterocycles. The third-order valence-electron chi connectivity index (χ3n) is 5.84. The highest BCUT2D eigenvalue weighted by Crippen LogP contribution is 2.22. The number of nitrogens with one attached hydrogen (secondary N) is 2. The van der Waals surface area contributed by atoms with Crippen LogP contribution in [0.4, 0.5) is 10.5 Å². The number of carbonyl (C=O) groups excluding carboxylic acids is 1. The molecule has 0 unspecified atom stereocenters. The number of nitrogens with zero attached hydrogens (tertiary/aromatic N) is 2. The number of pyridine rings is 1. The van der Waals surface area contributed by atoms with Crippen LogP contribution in [0, 0.1) is 5.92 Å². The molecule has 2 amide bonds. The van der Waals surface area contributed by atoms with Crippen molar-refractivity contribution in [2.45, 2.75) is 65.6 Å². The average molecular weight is 399 g/mol. The molecule has 158 valence electrons. The number of hydrogen-bond acceptors (Lipinski definition) is 3. The first-order valence-corrected chi connectivity index (χ1v) is 10.8. The predicted octanol–water partition coefficient (Wildman–Crippen LogP) is 4.04. The van der Waals surface area contributed by atoms with E-state index in [0.717, 1.165) is 11.9 Å². The maximum absolute atomic E-state index is 12.7. The van der Waals surface area contributed by atoms with E-state index in [1.54, 1.807) is 10.8 Å². The zero-order valence-electron chi connectivity index (χ0n) is 18.1. The van der Waals surface area contributed by atoms with Crippen molar-refractivity contribution in [1.82, 2.24) is 14.8 Å². The van der Waals surface area contributed by atoms with Crippen molar-refractivity contribution >= 4 is 22.5 Å². The van der Waals surface area contributed by atoms with Crippen LogP contribution in [-0.2, 0) is 6.54 Å². The van der Waals surface area contributed by atoms with Gasteiger partial charge in [-0.15, -0.1) is 0 Å². The number of carbonyl (C=O) groups is 1. The second-order valence-electron chi connectivity index (χ2n) is 8.69. The van der Waals surface area contributed by atoms with Gasteiger partial charge in [0, 0.05) is 48.7 Å². The molecule has 2 N–H and O–H groups in total. The highest BCUT2D eigenvalue weighted by Gasteiger charge is 2.24. The summed E-state index contributed by atoms with van der Waals surface area (Å²) in [6, 6.07) is 8.33. The normalized spacial score (nSPS) is 20.2. The van der Waals surface area contributed by atoms with Crippen molar-refractivity contribution in [3.63, 3.8) is 0 Å². The molecular weight excluding hydrogens is 364 g/mol. The van der Waals surface area contributed by atoms with Gasteiger partial charge in [0.2, 0.25) is 0 Å². The van der Waals surface area contributed by atoms with E-state index in [2.05, 4.69) is 43.2 Å². The maximum Gasteiger partial charge on any atom is 0.319 e. The summed E-state index contributed by atoms with van der Waals surface area (Å²) in [6.07, 6.45) is 5.49. The Kier molecular flexibility index (Phi) is 6.96. The second kappa shape index (κ2) is 9.44. The van der Waals surface area contributed by atoms with Crippen LogP contribution in [0.5, 0.6) is 0 Å². The summed E-state index contributed by atoms with van der Waals surface area (Å²) in [5.74, 6) is 0.337. The van der Waals surface area contributed by atoms with Crippen LogP contribution >= 0.6 is 0 Å². The lowest BCUT2D eigenvalue weighted by atomic mass is 9.98. The lowest BCUT2D eigenvalue weighted by Gasteiger charge is -2.39. The molecule has 1 aliphatic rings. The topological polar surface area (TPSA) is 66.4 Å². The molecule has 6 nitrogen and oxygen atoms in total. The molecule has 1 aliphatic heterocycles. The lowest BCUT2D eigenvalue weighted by Crippen LogP contribution is -2.47. The Morgan fingerprint density at radius 1 is 1.14 bits per heavy atom. The Balaban J connectivity index is 1.69. The number of amides is 2. The van der Waals surface area contributed by atoms with Crippen molar-refractivity contribution in [3.05, 3.63) is 40.8 Å². The van der Waals surface area contributed by atoms with E-state index in [0.29, 0.717) is 42.2 Å². The van der Waals surface area contributed by atoms with Gasteiger partial charge in [-0.2, -0.15) is 0 Å². The molecule has 2 aromatic rings. The maximum atomic E-state index is 12.7. The van der Waals surface area contributed by atoms with Gasteiger partial charge in [0.15, 0.2) is 0 Å². The Bertz CT molecular complexity index is 895. The van der Waals surface area contributed by atoms with Crippen LogP contribution in [0.2, 0.25) is 0 Å². The molecule has 3 rings (SSSR count). The molecule has 0 saturated carbocycles. The molecule has 0 radical (unpaired) electrons. The van der Waals surface area contributed by atoms with Crippen LogP contribution in [-0.4, -0.2) is 40.7 Å². The Hall–Kier alpha value is -2.34. The van der Waals surface area contributed by atoms with Gasteiger partial charge in [-0.25, -0.2) is 4.79 Å². The third-order valence-corrected chi connectivity index (χ3v) is 5.84. The minimum Gasteiger partial charge on any atom is -0.337 e. The summed E-state index contributed by atoms with van der Waals surface area (Å²) >= 11 is 0.